The quantitative estimate of drug-likeness (QED) is 0.812. The number of hydrogen-bond donors (Lipinski definition) is 1. The number of benzene rings is 1. The van der Waals surface area contributed by atoms with Gasteiger partial charge < -0.3 is 5.73 Å². The molecule has 0 heterocycles. The van der Waals surface area contributed by atoms with E-state index in [1.165, 1.54) is 61.6 Å². The summed E-state index contributed by atoms with van der Waals surface area (Å²) in [5, 5.41) is 0. The van der Waals surface area contributed by atoms with Gasteiger partial charge >= 0.3 is 0 Å². The summed E-state index contributed by atoms with van der Waals surface area (Å²) in [7, 11) is 0. The van der Waals surface area contributed by atoms with Crippen LogP contribution in [0.3, 0.4) is 0 Å². The molecule has 2 N–H and O–H groups in total. The zero-order chi connectivity index (χ0) is 14.1. The van der Waals surface area contributed by atoms with Gasteiger partial charge in [-0.3, -0.25) is 0 Å². The van der Waals surface area contributed by atoms with E-state index in [4.69, 9.17) is 5.73 Å². The van der Waals surface area contributed by atoms with Crippen molar-refractivity contribution in [1.29, 1.82) is 0 Å². The van der Waals surface area contributed by atoms with E-state index in [0.717, 1.165) is 11.8 Å². The van der Waals surface area contributed by atoms with Gasteiger partial charge in [0.25, 0.3) is 0 Å². The van der Waals surface area contributed by atoms with Crippen molar-refractivity contribution in [1.82, 2.24) is 0 Å². The molecule has 1 nitrogen and oxygen atoms in total. The van der Waals surface area contributed by atoms with Gasteiger partial charge in [0.2, 0.25) is 0 Å². The van der Waals surface area contributed by atoms with Crippen molar-refractivity contribution >= 4 is 0 Å². The Morgan fingerprint density at radius 2 is 1.75 bits per heavy atom. The van der Waals surface area contributed by atoms with Crippen molar-refractivity contribution < 1.29 is 0 Å². The first kappa shape index (κ1) is 14.1. The van der Waals surface area contributed by atoms with Gasteiger partial charge in [-0.2, -0.15) is 0 Å². The smallest absolute Gasteiger partial charge is 0.0326 e. The maximum atomic E-state index is 6.64. The fourth-order valence-corrected chi connectivity index (χ4v) is 4.69. The number of nitrogens with two attached hydrogens (primary N) is 1. The normalized spacial score (nSPS) is 31.6. The van der Waals surface area contributed by atoms with Gasteiger partial charge in [-0.1, -0.05) is 49.4 Å². The van der Waals surface area contributed by atoms with Crippen LogP contribution in [-0.4, -0.2) is 0 Å². The van der Waals surface area contributed by atoms with Crippen molar-refractivity contribution in [2.45, 2.75) is 64.8 Å². The highest BCUT2D eigenvalue weighted by molar-refractivity contribution is 5.33. The van der Waals surface area contributed by atoms with E-state index >= 15 is 0 Å². The third-order valence-electron chi connectivity index (χ3n) is 5.87. The van der Waals surface area contributed by atoms with Crippen molar-refractivity contribution in [2.24, 2.45) is 23.5 Å². The van der Waals surface area contributed by atoms with Gasteiger partial charge in [-0.15, -0.1) is 0 Å². The SMILES string of the molecule is Cc1ccc(C(N)C2CCC3CCCCC3C2)c(C)c1. The molecule has 110 valence electrons. The van der Waals surface area contributed by atoms with E-state index in [0.29, 0.717) is 5.92 Å². The van der Waals surface area contributed by atoms with E-state index in [1.54, 1.807) is 0 Å². The van der Waals surface area contributed by atoms with Gasteiger partial charge in [-0.05, 0) is 62.0 Å². The molecule has 0 spiro atoms. The molecule has 4 atom stereocenters. The number of hydrogen-bond acceptors (Lipinski definition) is 1. The third kappa shape index (κ3) is 2.79. The minimum absolute atomic E-state index is 0.249. The van der Waals surface area contributed by atoms with E-state index in [2.05, 4.69) is 32.0 Å². The Morgan fingerprint density at radius 1 is 1.00 bits per heavy atom. The fraction of sp³-hybridized carbons (Fsp3) is 0.684. The molecule has 2 fully saturated rings. The Kier molecular flexibility index (Phi) is 4.16. The molecule has 0 aliphatic heterocycles. The standard InChI is InChI=1S/C19H29N/c1-13-7-10-18(14(2)11-13)19(20)17-9-8-15-5-3-4-6-16(15)12-17/h7,10-11,15-17,19H,3-6,8-9,12,20H2,1-2H3. The van der Waals surface area contributed by atoms with Crippen molar-refractivity contribution in [3.05, 3.63) is 34.9 Å². The average molecular weight is 271 g/mol. The Labute approximate surface area is 124 Å². The molecule has 0 saturated heterocycles. The fourth-order valence-electron chi connectivity index (χ4n) is 4.69. The predicted molar refractivity (Wildman–Crippen MR) is 85.6 cm³/mol. The molecule has 2 aliphatic rings. The molecule has 0 amide bonds. The van der Waals surface area contributed by atoms with Crippen LogP contribution in [-0.2, 0) is 0 Å². The largest absolute Gasteiger partial charge is 0.324 e. The summed E-state index contributed by atoms with van der Waals surface area (Å²) < 4.78 is 0. The van der Waals surface area contributed by atoms with Crippen LogP contribution < -0.4 is 5.73 Å². The highest BCUT2D eigenvalue weighted by Crippen LogP contribution is 2.45. The van der Waals surface area contributed by atoms with Gasteiger partial charge in [0, 0.05) is 6.04 Å². The maximum Gasteiger partial charge on any atom is 0.0326 e. The van der Waals surface area contributed by atoms with Crippen LogP contribution in [0.25, 0.3) is 0 Å². The first-order chi connectivity index (χ1) is 9.65. The van der Waals surface area contributed by atoms with Gasteiger partial charge in [0.05, 0.1) is 0 Å². The Bertz CT molecular complexity index is 465. The van der Waals surface area contributed by atoms with Gasteiger partial charge in [-0.25, -0.2) is 0 Å². The Hall–Kier alpha value is -0.820. The van der Waals surface area contributed by atoms with Crippen LogP contribution in [0.4, 0.5) is 0 Å². The minimum atomic E-state index is 0.249. The van der Waals surface area contributed by atoms with E-state index in [-0.39, 0.29) is 6.04 Å². The minimum Gasteiger partial charge on any atom is -0.324 e. The summed E-state index contributed by atoms with van der Waals surface area (Å²) in [6, 6.07) is 7.01. The molecule has 2 saturated carbocycles. The predicted octanol–water partition coefficient (Wildman–Crippen LogP) is 4.91. The molecular weight excluding hydrogens is 242 g/mol. The summed E-state index contributed by atoms with van der Waals surface area (Å²) >= 11 is 0. The van der Waals surface area contributed by atoms with Crippen LogP contribution in [0.1, 0.15) is 67.7 Å². The van der Waals surface area contributed by atoms with E-state index < -0.39 is 0 Å². The monoisotopic (exact) mass is 271 g/mol. The Morgan fingerprint density at radius 3 is 2.50 bits per heavy atom. The Balaban J connectivity index is 1.72. The third-order valence-corrected chi connectivity index (χ3v) is 5.87. The molecule has 0 bridgehead atoms. The maximum absolute atomic E-state index is 6.64. The number of fused-ring (bicyclic) bond motifs is 1. The van der Waals surface area contributed by atoms with Gasteiger partial charge in [0.1, 0.15) is 0 Å². The molecular formula is C19H29N. The zero-order valence-electron chi connectivity index (χ0n) is 13.1. The molecule has 4 unspecified atom stereocenters. The summed E-state index contributed by atoms with van der Waals surface area (Å²) in [6.45, 7) is 4.38. The van der Waals surface area contributed by atoms with Crippen LogP contribution in [0.5, 0.6) is 0 Å². The van der Waals surface area contributed by atoms with Crippen LogP contribution >= 0.6 is 0 Å². The lowest BCUT2D eigenvalue weighted by atomic mass is 9.65. The first-order valence-electron chi connectivity index (χ1n) is 8.48. The molecule has 1 aromatic rings. The molecule has 20 heavy (non-hydrogen) atoms. The number of aryl methyl sites for hydroxylation is 2. The van der Waals surface area contributed by atoms with Crippen LogP contribution in [0.15, 0.2) is 18.2 Å². The summed E-state index contributed by atoms with van der Waals surface area (Å²) in [4.78, 5) is 0. The van der Waals surface area contributed by atoms with E-state index in [1.807, 2.05) is 0 Å². The summed E-state index contributed by atoms with van der Waals surface area (Å²) in [5.74, 6) is 2.70. The molecule has 0 radical (unpaired) electrons. The number of rotatable bonds is 2. The van der Waals surface area contributed by atoms with Gasteiger partial charge in [0.15, 0.2) is 0 Å². The van der Waals surface area contributed by atoms with Crippen molar-refractivity contribution in [3.63, 3.8) is 0 Å². The highest BCUT2D eigenvalue weighted by Gasteiger charge is 2.34. The summed E-state index contributed by atoms with van der Waals surface area (Å²) in [6.07, 6.45) is 10.0. The molecule has 3 rings (SSSR count). The van der Waals surface area contributed by atoms with E-state index in [9.17, 15) is 0 Å². The highest BCUT2D eigenvalue weighted by atomic mass is 14.7. The topological polar surface area (TPSA) is 26.0 Å². The van der Waals surface area contributed by atoms with Crippen LogP contribution in [0.2, 0.25) is 0 Å². The molecule has 2 aliphatic carbocycles. The van der Waals surface area contributed by atoms with Crippen molar-refractivity contribution in [2.75, 3.05) is 0 Å². The molecule has 0 aromatic heterocycles. The van der Waals surface area contributed by atoms with Crippen molar-refractivity contribution in [3.8, 4) is 0 Å². The lowest BCUT2D eigenvalue weighted by Crippen LogP contribution is -2.33. The lowest BCUT2D eigenvalue weighted by Gasteiger charge is -2.41. The lowest BCUT2D eigenvalue weighted by molar-refractivity contribution is 0.117. The second-order valence-electron chi connectivity index (χ2n) is 7.26. The summed E-state index contributed by atoms with van der Waals surface area (Å²) in [5.41, 5.74) is 10.7. The van der Waals surface area contributed by atoms with Crippen LogP contribution in [0, 0.1) is 31.6 Å². The zero-order valence-corrected chi connectivity index (χ0v) is 13.1. The average Bonchev–Trinajstić information content (AvgIpc) is 2.46. The second kappa shape index (κ2) is 5.89. The molecule has 1 aromatic carbocycles. The molecule has 1 heteroatoms. The first-order valence-corrected chi connectivity index (χ1v) is 8.48. The second-order valence-corrected chi connectivity index (χ2v) is 7.26.